The molecule has 0 fully saturated rings. The van der Waals surface area contributed by atoms with E-state index in [4.69, 9.17) is 4.74 Å². The van der Waals surface area contributed by atoms with Crippen molar-refractivity contribution in [1.29, 1.82) is 0 Å². The summed E-state index contributed by atoms with van der Waals surface area (Å²) in [4.78, 5) is 11.4. The SMILES string of the molecule is Bc1ccc2cc(C(=O)OC)n(C)c2c1. The van der Waals surface area contributed by atoms with Gasteiger partial charge >= 0.3 is 5.97 Å². The first-order chi connectivity index (χ1) is 7.13. The van der Waals surface area contributed by atoms with Crippen LogP contribution in [0.4, 0.5) is 0 Å². The van der Waals surface area contributed by atoms with E-state index in [1.807, 2.05) is 37.7 Å². The maximum absolute atomic E-state index is 11.4. The summed E-state index contributed by atoms with van der Waals surface area (Å²) in [7, 11) is 5.30. The molecule has 0 saturated carbocycles. The minimum absolute atomic E-state index is 0.300. The van der Waals surface area contributed by atoms with Crippen LogP contribution in [0.15, 0.2) is 24.3 Å². The van der Waals surface area contributed by atoms with Crippen LogP contribution in [-0.2, 0) is 11.8 Å². The lowest BCUT2D eigenvalue weighted by molar-refractivity contribution is 0.0590. The van der Waals surface area contributed by atoms with Gasteiger partial charge in [0.25, 0.3) is 0 Å². The number of methoxy groups -OCH3 is 1. The number of carbonyl (C=O) groups excluding carboxylic acids is 1. The second kappa shape index (κ2) is 3.46. The Kier molecular flexibility index (Phi) is 2.27. The van der Waals surface area contributed by atoms with Crippen molar-refractivity contribution >= 4 is 30.2 Å². The van der Waals surface area contributed by atoms with Crippen LogP contribution < -0.4 is 5.46 Å². The molecule has 1 aromatic heterocycles. The summed E-state index contributed by atoms with van der Waals surface area (Å²) in [6.07, 6.45) is 0. The fourth-order valence-electron chi connectivity index (χ4n) is 1.74. The molecule has 0 N–H and O–H groups in total. The van der Waals surface area contributed by atoms with E-state index in [2.05, 4.69) is 6.07 Å². The Labute approximate surface area is 89.1 Å². The highest BCUT2D eigenvalue weighted by Crippen LogP contribution is 2.17. The van der Waals surface area contributed by atoms with Crippen LogP contribution in [0.3, 0.4) is 0 Å². The lowest BCUT2D eigenvalue weighted by Crippen LogP contribution is -2.07. The van der Waals surface area contributed by atoms with Crippen molar-refractivity contribution in [3.05, 3.63) is 30.0 Å². The number of ether oxygens (including phenoxy) is 1. The van der Waals surface area contributed by atoms with Gasteiger partial charge in [0, 0.05) is 18.0 Å². The van der Waals surface area contributed by atoms with Crippen molar-refractivity contribution in [2.45, 2.75) is 0 Å². The van der Waals surface area contributed by atoms with Crippen LogP contribution in [0.5, 0.6) is 0 Å². The van der Waals surface area contributed by atoms with Gasteiger partial charge in [0.15, 0.2) is 0 Å². The summed E-state index contributed by atoms with van der Waals surface area (Å²) in [6.45, 7) is 0. The Balaban J connectivity index is 2.69. The second-order valence-electron chi connectivity index (χ2n) is 3.64. The molecule has 76 valence electrons. The summed E-state index contributed by atoms with van der Waals surface area (Å²) >= 11 is 0. The van der Waals surface area contributed by atoms with E-state index in [0.29, 0.717) is 5.69 Å². The molecule has 0 amide bonds. The third kappa shape index (κ3) is 1.52. The quantitative estimate of drug-likeness (QED) is 0.488. The standard InChI is InChI=1S/C11H12BNO2/c1-13-9-6-8(12)4-3-7(9)5-10(13)11(14)15-2/h3-6H,12H2,1-2H3. The predicted molar refractivity (Wildman–Crippen MR) is 62.4 cm³/mol. The Hall–Kier alpha value is -1.71. The van der Waals surface area contributed by atoms with Crippen molar-refractivity contribution in [1.82, 2.24) is 4.57 Å². The number of aromatic nitrogens is 1. The van der Waals surface area contributed by atoms with Crippen LogP contribution in [0.25, 0.3) is 10.9 Å². The van der Waals surface area contributed by atoms with Gasteiger partial charge < -0.3 is 9.30 Å². The van der Waals surface area contributed by atoms with E-state index in [1.165, 1.54) is 12.6 Å². The first kappa shape index (κ1) is 9.83. The molecule has 0 bridgehead atoms. The largest absolute Gasteiger partial charge is 0.464 e. The number of aryl methyl sites for hydroxylation is 1. The number of hydrogen-bond donors (Lipinski definition) is 0. The highest BCUT2D eigenvalue weighted by molar-refractivity contribution is 6.33. The number of benzene rings is 1. The smallest absolute Gasteiger partial charge is 0.354 e. The normalized spacial score (nSPS) is 10.5. The number of nitrogens with zero attached hydrogens (tertiary/aromatic N) is 1. The predicted octanol–water partition coefficient (Wildman–Crippen LogP) is 0.223. The molecule has 3 nitrogen and oxygen atoms in total. The maximum Gasteiger partial charge on any atom is 0.354 e. The van der Waals surface area contributed by atoms with E-state index in [-0.39, 0.29) is 5.97 Å². The first-order valence-corrected chi connectivity index (χ1v) is 4.78. The van der Waals surface area contributed by atoms with Gasteiger partial charge in [0.05, 0.1) is 7.11 Å². The number of fused-ring (bicyclic) bond motifs is 1. The summed E-state index contributed by atoms with van der Waals surface area (Å²) in [6, 6.07) is 7.95. The maximum atomic E-state index is 11.4. The molecule has 0 atom stereocenters. The fraction of sp³-hybridized carbons (Fsp3) is 0.182. The van der Waals surface area contributed by atoms with Gasteiger partial charge in [-0.3, -0.25) is 0 Å². The second-order valence-corrected chi connectivity index (χ2v) is 3.64. The van der Waals surface area contributed by atoms with E-state index in [1.54, 1.807) is 0 Å². The van der Waals surface area contributed by atoms with Crippen molar-refractivity contribution in [2.75, 3.05) is 7.11 Å². The van der Waals surface area contributed by atoms with Crippen LogP contribution in [0.2, 0.25) is 0 Å². The zero-order valence-corrected chi connectivity index (χ0v) is 9.07. The zero-order valence-electron chi connectivity index (χ0n) is 9.07. The van der Waals surface area contributed by atoms with Gasteiger partial charge in [-0.2, -0.15) is 0 Å². The molecule has 1 aromatic carbocycles. The molecular formula is C11H12BNO2. The first-order valence-electron chi connectivity index (χ1n) is 4.78. The number of rotatable bonds is 1. The minimum Gasteiger partial charge on any atom is -0.464 e. The minimum atomic E-state index is -0.300. The Morgan fingerprint density at radius 3 is 2.80 bits per heavy atom. The Bertz CT molecular complexity index is 531. The lowest BCUT2D eigenvalue weighted by atomic mass is 9.95. The fourth-order valence-corrected chi connectivity index (χ4v) is 1.74. The van der Waals surface area contributed by atoms with Gasteiger partial charge in [-0.15, -0.1) is 0 Å². The average Bonchev–Trinajstić information content (AvgIpc) is 2.55. The summed E-state index contributed by atoms with van der Waals surface area (Å²) in [5, 5.41) is 1.06. The molecular weight excluding hydrogens is 189 g/mol. The van der Waals surface area contributed by atoms with Gasteiger partial charge in [-0.1, -0.05) is 17.6 Å². The highest BCUT2D eigenvalue weighted by atomic mass is 16.5. The Morgan fingerprint density at radius 2 is 2.13 bits per heavy atom. The topological polar surface area (TPSA) is 31.2 Å². The molecule has 0 radical (unpaired) electrons. The van der Waals surface area contributed by atoms with Crippen LogP contribution in [0.1, 0.15) is 10.5 Å². The number of hydrogen-bond acceptors (Lipinski definition) is 2. The number of esters is 1. The van der Waals surface area contributed by atoms with Crippen LogP contribution >= 0.6 is 0 Å². The molecule has 15 heavy (non-hydrogen) atoms. The molecule has 0 aliphatic heterocycles. The van der Waals surface area contributed by atoms with Crippen molar-refractivity contribution in [2.24, 2.45) is 7.05 Å². The van der Waals surface area contributed by atoms with Crippen LogP contribution in [0, 0.1) is 0 Å². The molecule has 4 heteroatoms. The third-order valence-corrected chi connectivity index (χ3v) is 2.60. The summed E-state index contributed by atoms with van der Waals surface area (Å²) < 4.78 is 6.57. The van der Waals surface area contributed by atoms with E-state index >= 15 is 0 Å². The van der Waals surface area contributed by atoms with Gasteiger partial charge in [-0.05, 0) is 12.1 Å². The molecule has 1 heterocycles. The van der Waals surface area contributed by atoms with Gasteiger partial charge in [0.2, 0.25) is 0 Å². The molecule has 0 unspecified atom stereocenters. The number of carbonyl (C=O) groups is 1. The van der Waals surface area contributed by atoms with Crippen molar-refractivity contribution in [3.8, 4) is 0 Å². The molecule has 0 saturated heterocycles. The molecule has 0 aliphatic rings. The van der Waals surface area contributed by atoms with Gasteiger partial charge in [0.1, 0.15) is 13.5 Å². The third-order valence-electron chi connectivity index (χ3n) is 2.60. The Morgan fingerprint density at radius 1 is 1.40 bits per heavy atom. The molecule has 2 aromatic rings. The molecule has 0 aliphatic carbocycles. The lowest BCUT2D eigenvalue weighted by Gasteiger charge is -2.01. The molecule has 0 spiro atoms. The molecule has 2 rings (SSSR count). The average molecular weight is 201 g/mol. The zero-order chi connectivity index (χ0) is 11.0. The van der Waals surface area contributed by atoms with Crippen LogP contribution in [-0.4, -0.2) is 25.5 Å². The van der Waals surface area contributed by atoms with E-state index in [9.17, 15) is 4.79 Å². The highest BCUT2D eigenvalue weighted by Gasteiger charge is 2.12. The van der Waals surface area contributed by atoms with E-state index in [0.717, 1.165) is 10.9 Å². The van der Waals surface area contributed by atoms with Crippen molar-refractivity contribution in [3.63, 3.8) is 0 Å². The van der Waals surface area contributed by atoms with Crippen molar-refractivity contribution < 1.29 is 9.53 Å². The monoisotopic (exact) mass is 201 g/mol. The summed E-state index contributed by atoms with van der Waals surface area (Å²) in [5.74, 6) is -0.300. The van der Waals surface area contributed by atoms with Gasteiger partial charge in [-0.25, -0.2) is 4.79 Å². The van der Waals surface area contributed by atoms with E-state index < -0.39 is 0 Å². The summed E-state index contributed by atoms with van der Waals surface area (Å²) in [5.41, 5.74) is 2.81.